The number of pyridine rings is 1. The van der Waals surface area contributed by atoms with E-state index in [1.165, 1.54) is 0 Å². The Balaban J connectivity index is 1.61. The van der Waals surface area contributed by atoms with Gasteiger partial charge in [0.05, 0.1) is 0 Å². The Hall–Kier alpha value is -2.17. The average molecular weight is 355 g/mol. The number of nitrogens with zero attached hydrogens (tertiary/aromatic N) is 3. The second-order valence-electron chi connectivity index (χ2n) is 7.63. The first-order valence-corrected chi connectivity index (χ1v) is 9.68. The molecule has 2 saturated heterocycles. The highest BCUT2D eigenvalue weighted by Crippen LogP contribution is 2.39. The molecule has 0 N–H and O–H groups in total. The fourth-order valence-electron chi connectivity index (χ4n) is 4.24. The van der Waals surface area contributed by atoms with Crippen LogP contribution in [0, 0.1) is 5.41 Å². The highest BCUT2D eigenvalue weighted by molar-refractivity contribution is 5.78. The van der Waals surface area contributed by atoms with Gasteiger partial charge in [0.25, 0.3) is 0 Å². The molecule has 140 valence electrons. The molecule has 2 amide bonds. The van der Waals surface area contributed by atoms with Crippen LogP contribution in [0.5, 0.6) is 0 Å². The first kappa shape index (κ1) is 18.6. The third kappa shape index (κ3) is 4.51. The minimum atomic E-state index is 0.0696. The van der Waals surface area contributed by atoms with E-state index in [4.69, 9.17) is 0 Å². The minimum absolute atomic E-state index is 0.0696. The van der Waals surface area contributed by atoms with Crippen molar-refractivity contribution in [2.24, 2.45) is 5.41 Å². The fourth-order valence-corrected chi connectivity index (χ4v) is 4.24. The van der Waals surface area contributed by atoms with E-state index < -0.39 is 0 Å². The van der Waals surface area contributed by atoms with E-state index in [9.17, 15) is 9.59 Å². The lowest BCUT2D eigenvalue weighted by Crippen LogP contribution is -2.55. The van der Waals surface area contributed by atoms with Crippen molar-refractivity contribution in [1.82, 2.24) is 14.8 Å². The second kappa shape index (κ2) is 8.47. The number of aromatic nitrogens is 1. The summed E-state index contributed by atoms with van der Waals surface area (Å²) in [5.41, 5.74) is 1.09. The van der Waals surface area contributed by atoms with E-state index in [-0.39, 0.29) is 17.2 Å². The van der Waals surface area contributed by atoms with Gasteiger partial charge in [-0.1, -0.05) is 12.1 Å². The number of amides is 2. The van der Waals surface area contributed by atoms with E-state index >= 15 is 0 Å². The van der Waals surface area contributed by atoms with Crippen molar-refractivity contribution in [2.75, 3.05) is 26.2 Å². The van der Waals surface area contributed by atoms with Crippen LogP contribution in [0.25, 0.3) is 0 Å². The molecule has 5 heteroatoms. The Morgan fingerprint density at radius 3 is 2.96 bits per heavy atom. The van der Waals surface area contributed by atoms with Crippen molar-refractivity contribution >= 4 is 11.8 Å². The van der Waals surface area contributed by atoms with Crippen LogP contribution in [0.4, 0.5) is 0 Å². The van der Waals surface area contributed by atoms with Crippen molar-refractivity contribution in [3.05, 3.63) is 42.7 Å². The molecular formula is C21H29N3O2. The molecule has 0 saturated carbocycles. The SMILES string of the molecule is C=CCCC(=O)N1CCC[C@]2(CCC(=O)N(CCc3ccccn3)C2)C1. The van der Waals surface area contributed by atoms with Crippen LogP contribution < -0.4 is 0 Å². The van der Waals surface area contributed by atoms with Crippen LogP contribution in [0.3, 0.4) is 0 Å². The minimum Gasteiger partial charge on any atom is -0.342 e. The van der Waals surface area contributed by atoms with Crippen molar-refractivity contribution in [1.29, 1.82) is 0 Å². The summed E-state index contributed by atoms with van der Waals surface area (Å²) in [5, 5.41) is 0. The Labute approximate surface area is 156 Å². The molecule has 0 aliphatic carbocycles. The van der Waals surface area contributed by atoms with Gasteiger partial charge < -0.3 is 9.80 Å². The third-order valence-corrected chi connectivity index (χ3v) is 5.69. The summed E-state index contributed by atoms with van der Waals surface area (Å²) in [6.07, 6.45) is 9.28. The van der Waals surface area contributed by atoms with Crippen LogP contribution >= 0.6 is 0 Å². The molecular weight excluding hydrogens is 326 g/mol. The quantitative estimate of drug-likeness (QED) is 0.738. The van der Waals surface area contributed by atoms with Gasteiger partial charge in [0.2, 0.25) is 11.8 Å². The molecule has 0 aromatic carbocycles. The molecule has 5 nitrogen and oxygen atoms in total. The monoisotopic (exact) mass is 355 g/mol. The number of likely N-dealkylation sites (tertiary alicyclic amines) is 2. The highest BCUT2D eigenvalue weighted by atomic mass is 16.2. The number of rotatable bonds is 6. The molecule has 2 fully saturated rings. The van der Waals surface area contributed by atoms with Gasteiger partial charge in [0.15, 0.2) is 0 Å². The number of carbonyl (C=O) groups is 2. The molecule has 1 aromatic heterocycles. The summed E-state index contributed by atoms with van der Waals surface area (Å²) >= 11 is 0. The summed E-state index contributed by atoms with van der Waals surface area (Å²) in [6.45, 7) is 6.82. The summed E-state index contributed by atoms with van der Waals surface area (Å²) in [5.74, 6) is 0.461. The van der Waals surface area contributed by atoms with Gasteiger partial charge in [0, 0.05) is 62.7 Å². The van der Waals surface area contributed by atoms with Crippen molar-refractivity contribution in [3.63, 3.8) is 0 Å². The zero-order valence-corrected chi connectivity index (χ0v) is 15.5. The van der Waals surface area contributed by atoms with E-state index in [1.807, 2.05) is 28.0 Å². The number of carbonyl (C=O) groups excluding carboxylic acids is 2. The smallest absolute Gasteiger partial charge is 0.222 e. The van der Waals surface area contributed by atoms with Crippen molar-refractivity contribution < 1.29 is 9.59 Å². The average Bonchev–Trinajstić information content (AvgIpc) is 2.68. The molecule has 1 atom stereocenters. The molecule has 0 unspecified atom stereocenters. The summed E-state index contributed by atoms with van der Waals surface area (Å²) in [4.78, 5) is 33.2. The summed E-state index contributed by atoms with van der Waals surface area (Å²) in [6, 6.07) is 5.89. The summed E-state index contributed by atoms with van der Waals surface area (Å²) < 4.78 is 0. The van der Waals surface area contributed by atoms with Crippen molar-refractivity contribution in [2.45, 2.75) is 44.9 Å². The van der Waals surface area contributed by atoms with Gasteiger partial charge in [-0.25, -0.2) is 0 Å². The molecule has 1 spiro atoms. The van der Waals surface area contributed by atoms with Crippen LogP contribution in [0.15, 0.2) is 37.1 Å². The lowest BCUT2D eigenvalue weighted by Gasteiger charge is -2.48. The van der Waals surface area contributed by atoms with Gasteiger partial charge in [-0.3, -0.25) is 14.6 Å². The number of hydrogen-bond acceptors (Lipinski definition) is 3. The molecule has 26 heavy (non-hydrogen) atoms. The van der Waals surface area contributed by atoms with Gasteiger partial charge in [-0.2, -0.15) is 0 Å². The van der Waals surface area contributed by atoms with Gasteiger partial charge >= 0.3 is 0 Å². The number of allylic oxidation sites excluding steroid dienone is 1. The van der Waals surface area contributed by atoms with Gasteiger partial charge in [-0.15, -0.1) is 6.58 Å². The Morgan fingerprint density at radius 2 is 2.19 bits per heavy atom. The topological polar surface area (TPSA) is 53.5 Å². The zero-order valence-electron chi connectivity index (χ0n) is 15.5. The van der Waals surface area contributed by atoms with E-state index in [0.717, 1.165) is 57.4 Å². The van der Waals surface area contributed by atoms with Crippen LogP contribution in [0.1, 0.15) is 44.2 Å². The molecule has 3 rings (SSSR count). The normalized spacial score (nSPS) is 23.3. The predicted octanol–water partition coefficient (Wildman–Crippen LogP) is 2.82. The largest absolute Gasteiger partial charge is 0.342 e. The van der Waals surface area contributed by atoms with Crippen LogP contribution in [0.2, 0.25) is 0 Å². The van der Waals surface area contributed by atoms with Gasteiger partial charge in [0.1, 0.15) is 0 Å². The maximum Gasteiger partial charge on any atom is 0.222 e. The lowest BCUT2D eigenvalue weighted by atomic mass is 9.73. The van der Waals surface area contributed by atoms with Gasteiger partial charge in [-0.05, 0) is 37.8 Å². The number of piperidine rings is 2. The van der Waals surface area contributed by atoms with Crippen molar-refractivity contribution in [3.8, 4) is 0 Å². The molecule has 0 bridgehead atoms. The Bertz CT molecular complexity index is 646. The van der Waals surface area contributed by atoms with E-state index in [1.54, 1.807) is 12.3 Å². The maximum absolute atomic E-state index is 12.4. The molecule has 1 aromatic rings. The first-order chi connectivity index (χ1) is 12.6. The lowest BCUT2D eigenvalue weighted by molar-refractivity contribution is -0.143. The van der Waals surface area contributed by atoms with E-state index in [2.05, 4.69) is 11.6 Å². The molecule has 2 aliphatic rings. The second-order valence-corrected chi connectivity index (χ2v) is 7.63. The Kier molecular flexibility index (Phi) is 6.07. The zero-order chi connectivity index (χ0) is 18.4. The summed E-state index contributed by atoms with van der Waals surface area (Å²) in [7, 11) is 0. The Morgan fingerprint density at radius 1 is 1.31 bits per heavy atom. The predicted molar refractivity (Wildman–Crippen MR) is 101 cm³/mol. The fraction of sp³-hybridized carbons (Fsp3) is 0.571. The van der Waals surface area contributed by atoms with Crippen LogP contribution in [-0.2, 0) is 16.0 Å². The molecule has 0 radical (unpaired) electrons. The first-order valence-electron chi connectivity index (χ1n) is 9.68. The molecule has 2 aliphatic heterocycles. The molecule has 3 heterocycles. The third-order valence-electron chi connectivity index (χ3n) is 5.69. The van der Waals surface area contributed by atoms with Crippen LogP contribution in [-0.4, -0.2) is 52.8 Å². The number of hydrogen-bond donors (Lipinski definition) is 0. The standard InChI is InChI=1S/C21H29N3O2/c1-2-3-8-19(25)23-14-6-11-21(16-23)12-9-20(26)24(17-21)15-10-18-7-4-5-13-22-18/h2,4-5,7,13H,1,3,6,8-12,14-17H2/t21-/m0/s1. The highest BCUT2D eigenvalue weighted by Gasteiger charge is 2.42. The maximum atomic E-state index is 12.4. The van der Waals surface area contributed by atoms with E-state index in [0.29, 0.717) is 19.4 Å².